The molecule has 0 bridgehead atoms. The van der Waals surface area contributed by atoms with E-state index in [0.717, 1.165) is 0 Å². The van der Waals surface area contributed by atoms with Gasteiger partial charge in [0.15, 0.2) is 12.6 Å². The van der Waals surface area contributed by atoms with Crippen LogP contribution in [-0.2, 0) is 23.7 Å². The Bertz CT molecular complexity index is 756. The van der Waals surface area contributed by atoms with E-state index in [4.69, 9.17) is 59.1 Å². The van der Waals surface area contributed by atoms with E-state index >= 15 is 0 Å². The predicted octanol–water partition coefficient (Wildman–Crippen LogP) is -6.47. The second-order valence-corrected chi connectivity index (χ2v) is 10.4. The molecule has 14 atom stereocenters. The van der Waals surface area contributed by atoms with Gasteiger partial charge in [-0.3, -0.25) is 4.79 Å². The van der Waals surface area contributed by atoms with Crippen LogP contribution in [0.2, 0.25) is 0 Å². The second-order valence-electron chi connectivity index (χ2n) is 10.4. The monoisotopic (exact) mass is 550 g/mol. The molecule has 0 aromatic rings. The lowest BCUT2D eigenvalue weighted by Crippen LogP contribution is -2.71. The Morgan fingerprint density at radius 1 is 0.947 bits per heavy atom. The van der Waals surface area contributed by atoms with Gasteiger partial charge in [-0.15, -0.1) is 0 Å². The summed E-state index contributed by atoms with van der Waals surface area (Å²) in [5, 5.41) is 32.7. The highest BCUT2D eigenvalue weighted by Crippen LogP contribution is 2.30. The Morgan fingerprint density at radius 3 is 2.26 bits per heavy atom. The van der Waals surface area contributed by atoms with E-state index in [1.54, 1.807) is 0 Å². The van der Waals surface area contributed by atoms with Crippen molar-refractivity contribution in [3.05, 3.63) is 0 Å². The first-order valence-corrected chi connectivity index (χ1v) is 13.1. The van der Waals surface area contributed by atoms with Crippen LogP contribution in [-0.4, -0.2) is 126 Å². The van der Waals surface area contributed by atoms with Crippen LogP contribution in [0.5, 0.6) is 0 Å². The van der Waals surface area contributed by atoms with Crippen LogP contribution in [0.3, 0.4) is 0 Å². The van der Waals surface area contributed by atoms with Gasteiger partial charge in [0, 0.05) is 12.6 Å². The molecular weight excluding hydrogens is 504 g/mol. The van der Waals surface area contributed by atoms with Crippen molar-refractivity contribution in [1.82, 2.24) is 5.32 Å². The van der Waals surface area contributed by atoms with Crippen molar-refractivity contribution < 1.29 is 39.1 Å². The molecule has 222 valence electrons. The van der Waals surface area contributed by atoms with Gasteiger partial charge >= 0.3 is 0 Å². The van der Waals surface area contributed by atoms with E-state index in [0.29, 0.717) is 19.4 Å². The minimum absolute atomic E-state index is 0.0503. The van der Waals surface area contributed by atoms with Crippen LogP contribution in [0.25, 0.3) is 0 Å². The molecule has 3 fully saturated rings. The van der Waals surface area contributed by atoms with Gasteiger partial charge in [0.25, 0.3) is 0 Å². The number of hydrogen-bond donors (Lipinski definition) is 11. The van der Waals surface area contributed by atoms with Crippen molar-refractivity contribution >= 4 is 5.91 Å². The molecule has 0 radical (unpaired) electrons. The molecule has 3 aliphatic rings. The maximum Gasteiger partial charge on any atom is 0.249 e. The lowest BCUT2D eigenvalue weighted by atomic mass is 9.82. The first-order chi connectivity index (χ1) is 18.0. The van der Waals surface area contributed by atoms with E-state index in [1.807, 2.05) is 0 Å². The molecular formula is C22H46N8O8. The van der Waals surface area contributed by atoms with Gasteiger partial charge in [-0.2, -0.15) is 0 Å². The highest BCUT2D eigenvalue weighted by atomic mass is 16.7. The topological polar surface area (TPSA) is 309 Å². The van der Waals surface area contributed by atoms with Crippen LogP contribution in [0.15, 0.2) is 0 Å². The Labute approximate surface area is 221 Å². The third kappa shape index (κ3) is 7.15. The van der Waals surface area contributed by atoms with Crippen molar-refractivity contribution in [3.63, 3.8) is 0 Å². The van der Waals surface area contributed by atoms with E-state index in [1.165, 1.54) is 0 Å². The molecule has 2 aliphatic heterocycles. The standard InChI is InChI=1S/C22H46N8O8/c23-4-3-12(32)20(34)30-11-5-10(26)18(37-21-9(25)2-1-8(6-24)35-21)16(29)19(11)38-22-15(28)14(27)17(33)13(7-31)36-22/h8-19,21-22,31-33H,1-7,23-29H2,(H,30,34)/t8-,9+,10-,11+,12-,13+,14+,15+,16-,17+,18+,19+,21?,22?/m0/s1. The zero-order valence-electron chi connectivity index (χ0n) is 21.5. The number of carbonyl (C=O) groups excluding carboxylic acids is 1. The summed E-state index contributed by atoms with van der Waals surface area (Å²) < 4.78 is 23.9. The van der Waals surface area contributed by atoms with Gasteiger partial charge in [-0.05, 0) is 32.2 Å². The van der Waals surface area contributed by atoms with Crippen molar-refractivity contribution in [1.29, 1.82) is 0 Å². The van der Waals surface area contributed by atoms with Crippen LogP contribution in [0, 0.1) is 0 Å². The molecule has 0 spiro atoms. The Hall–Kier alpha value is -1.09. The summed E-state index contributed by atoms with van der Waals surface area (Å²) in [4.78, 5) is 12.6. The maximum atomic E-state index is 12.6. The number of aliphatic hydroxyl groups is 3. The zero-order chi connectivity index (χ0) is 28.1. The third-order valence-electron chi connectivity index (χ3n) is 7.54. The van der Waals surface area contributed by atoms with E-state index < -0.39 is 91.9 Å². The van der Waals surface area contributed by atoms with Crippen LogP contribution in [0.1, 0.15) is 25.7 Å². The first-order valence-electron chi connectivity index (χ1n) is 13.1. The van der Waals surface area contributed by atoms with Crippen LogP contribution < -0.4 is 45.5 Å². The van der Waals surface area contributed by atoms with Gasteiger partial charge < -0.3 is 79.7 Å². The van der Waals surface area contributed by atoms with Crippen molar-refractivity contribution in [2.45, 2.75) is 111 Å². The van der Waals surface area contributed by atoms with Crippen LogP contribution >= 0.6 is 0 Å². The fourth-order valence-corrected chi connectivity index (χ4v) is 5.15. The molecule has 18 N–H and O–H groups in total. The first kappa shape index (κ1) is 31.4. The summed E-state index contributed by atoms with van der Waals surface area (Å²) in [6.45, 7) is -0.123. The number of rotatable bonds is 10. The number of ether oxygens (including phenoxy) is 4. The van der Waals surface area contributed by atoms with Gasteiger partial charge in [0.05, 0.1) is 61.2 Å². The Balaban J connectivity index is 1.82. The number of hydrogen-bond acceptors (Lipinski definition) is 15. The van der Waals surface area contributed by atoms with Crippen molar-refractivity contribution in [2.24, 2.45) is 40.1 Å². The molecule has 2 unspecified atom stereocenters. The molecule has 2 heterocycles. The summed E-state index contributed by atoms with van der Waals surface area (Å²) in [6.07, 6.45) is -6.13. The number of nitrogens with one attached hydrogen (secondary N) is 1. The van der Waals surface area contributed by atoms with Crippen molar-refractivity contribution in [3.8, 4) is 0 Å². The number of amides is 1. The number of nitrogens with two attached hydrogens (primary N) is 7. The smallest absolute Gasteiger partial charge is 0.249 e. The summed E-state index contributed by atoms with van der Waals surface area (Å²) in [5.41, 5.74) is 42.8. The molecule has 1 saturated carbocycles. The lowest BCUT2D eigenvalue weighted by Gasteiger charge is -2.49. The fourth-order valence-electron chi connectivity index (χ4n) is 5.15. The highest BCUT2D eigenvalue weighted by Gasteiger charge is 2.50. The summed E-state index contributed by atoms with van der Waals surface area (Å²) >= 11 is 0. The average molecular weight is 551 g/mol. The Morgan fingerprint density at radius 2 is 1.63 bits per heavy atom. The summed E-state index contributed by atoms with van der Waals surface area (Å²) in [5.74, 6) is -0.675. The molecule has 16 nitrogen and oxygen atoms in total. The van der Waals surface area contributed by atoms with Crippen molar-refractivity contribution in [2.75, 3.05) is 19.7 Å². The van der Waals surface area contributed by atoms with E-state index in [-0.39, 0.29) is 25.5 Å². The molecule has 16 heteroatoms. The molecule has 3 rings (SSSR count). The van der Waals surface area contributed by atoms with Gasteiger partial charge in [0.2, 0.25) is 5.91 Å². The minimum atomic E-state index is -1.35. The van der Waals surface area contributed by atoms with E-state index in [2.05, 4.69) is 5.32 Å². The normalized spacial score (nSPS) is 44.9. The second kappa shape index (κ2) is 14.0. The lowest BCUT2D eigenvalue weighted by molar-refractivity contribution is -0.278. The highest BCUT2D eigenvalue weighted by molar-refractivity contribution is 5.80. The third-order valence-corrected chi connectivity index (χ3v) is 7.54. The molecule has 38 heavy (non-hydrogen) atoms. The predicted molar refractivity (Wildman–Crippen MR) is 135 cm³/mol. The van der Waals surface area contributed by atoms with Gasteiger partial charge in [-0.1, -0.05) is 0 Å². The molecule has 0 aromatic carbocycles. The van der Waals surface area contributed by atoms with E-state index in [9.17, 15) is 20.1 Å². The van der Waals surface area contributed by atoms with Gasteiger partial charge in [-0.25, -0.2) is 0 Å². The molecule has 1 aliphatic carbocycles. The van der Waals surface area contributed by atoms with Gasteiger partial charge in [0.1, 0.15) is 12.2 Å². The minimum Gasteiger partial charge on any atom is -0.394 e. The SMILES string of the molecule is NCC[C@H](O)C(=O)N[C@@H]1C[C@H](N)[C@@H](OC2O[C@H](CN)CC[C@H]2N)[C@H](N)[C@@H]1OC1O[C@H](CO)[C@@H](O)[C@H](N)[C@H]1N. The number of aliphatic hydroxyl groups excluding tert-OH is 3. The summed E-state index contributed by atoms with van der Waals surface area (Å²) in [6, 6.07) is -4.80. The Kier molecular flexibility index (Phi) is 11.6. The quantitative estimate of drug-likeness (QED) is 0.120. The molecule has 0 aromatic heterocycles. The summed E-state index contributed by atoms with van der Waals surface area (Å²) in [7, 11) is 0. The van der Waals surface area contributed by atoms with Crippen LogP contribution in [0.4, 0.5) is 0 Å². The fraction of sp³-hybridized carbons (Fsp3) is 0.955. The molecule has 2 saturated heterocycles. The maximum absolute atomic E-state index is 12.6. The number of carbonyl (C=O) groups is 1. The molecule has 1 amide bonds. The average Bonchev–Trinajstić information content (AvgIpc) is 2.89. The largest absolute Gasteiger partial charge is 0.394 e. The zero-order valence-corrected chi connectivity index (χ0v) is 21.5.